The normalized spacial score (nSPS) is 17.5. The minimum absolute atomic E-state index is 0.000807. The molecule has 0 aliphatic heterocycles. The molecule has 5 nitrogen and oxygen atoms in total. The summed E-state index contributed by atoms with van der Waals surface area (Å²) in [6, 6.07) is 11.0. The first kappa shape index (κ1) is 15.1. The molecule has 1 aliphatic carbocycles. The number of hydrogen-bond acceptors (Lipinski definition) is 4. The Kier molecular flexibility index (Phi) is 4.28. The van der Waals surface area contributed by atoms with Crippen molar-refractivity contribution in [1.29, 1.82) is 0 Å². The number of allylic oxidation sites excluding steroid dienone is 2. The van der Waals surface area contributed by atoms with E-state index < -0.39 is 0 Å². The van der Waals surface area contributed by atoms with Crippen LogP contribution in [0.15, 0.2) is 58.9 Å². The van der Waals surface area contributed by atoms with Gasteiger partial charge in [0.25, 0.3) is 5.91 Å². The summed E-state index contributed by atoms with van der Waals surface area (Å²) in [5, 5.41) is 0. The van der Waals surface area contributed by atoms with Crippen LogP contribution >= 0.6 is 0 Å². The second-order valence-corrected chi connectivity index (χ2v) is 5.71. The largest absolute Gasteiger partial charge is 0.469 e. The van der Waals surface area contributed by atoms with Gasteiger partial charge in [-0.3, -0.25) is 15.0 Å². The van der Waals surface area contributed by atoms with Gasteiger partial charge in [-0.25, -0.2) is 0 Å². The standard InChI is InChI=1S/C18H18N2O3/c1-12-4-2-5-13(8-12)18(22)20-19-15-9-14(10-16(21)11-15)17-6-3-7-23-17/h2-8,11,14,19H,9-10H2,1H3,(H,20,22)/t14-/m1/s1. The van der Waals surface area contributed by atoms with Crippen molar-refractivity contribution in [2.45, 2.75) is 25.7 Å². The average molecular weight is 310 g/mol. The number of aryl methyl sites for hydroxylation is 1. The Balaban J connectivity index is 1.63. The number of furan rings is 1. The van der Waals surface area contributed by atoms with Crippen LogP contribution in [-0.2, 0) is 4.79 Å². The molecule has 2 aromatic rings. The zero-order valence-electron chi connectivity index (χ0n) is 12.8. The zero-order valence-corrected chi connectivity index (χ0v) is 12.8. The third kappa shape index (κ3) is 3.69. The van der Waals surface area contributed by atoms with Crippen molar-refractivity contribution in [3.63, 3.8) is 0 Å². The molecule has 1 atom stereocenters. The lowest BCUT2D eigenvalue weighted by molar-refractivity contribution is -0.115. The van der Waals surface area contributed by atoms with Gasteiger partial charge in [-0.2, -0.15) is 0 Å². The fourth-order valence-electron chi connectivity index (χ4n) is 2.70. The van der Waals surface area contributed by atoms with Gasteiger partial charge in [0.1, 0.15) is 5.76 Å². The van der Waals surface area contributed by atoms with E-state index in [9.17, 15) is 9.59 Å². The maximum atomic E-state index is 12.1. The van der Waals surface area contributed by atoms with E-state index in [4.69, 9.17) is 4.42 Å². The highest BCUT2D eigenvalue weighted by molar-refractivity contribution is 5.94. The second-order valence-electron chi connectivity index (χ2n) is 5.71. The molecule has 3 rings (SSSR count). The molecule has 1 aliphatic rings. The Hall–Kier alpha value is -2.82. The van der Waals surface area contributed by atoms with Crippen LogP contribution < -0.4 is 10.9 Å². The molecule has 0 saturated carbocycles. The van der Waals surface area contributed by atoms with Crippen LogP contribution in [0.25, 0.3) is 0 Å². The van der Waals surface area contributed by atoms with Gasteiger partial charge in [0.2, 0.25) is 0 Å². The molecule has 118 valence electrons. The Labute approximate surface area is 134 Å². The number of carbonyl (C=O) groups is 2. The number of ketones is 1. The molecule has 1 aromatic carbocycles. The highest BCUT2D eigenvalue weighted by Gasteiger charge is 2.24. The van der Waals surface area contributed by atoms with E-state index in [0.717, 1.165) is 11.3 Å². The fraction of sp³-hybridized carbons (Fsp3) is 0.222. The van der Waals surface area contributed by atoms with Crippen LogP contribution in [0.5, 0.6) is 0 Å². The third-order valence-electron chi connectivity index (χ3n) is 3.81. The molecule has 0 spiro atoms. The first-order chi connectivity index (χ1) is 11.1. The molecule has 0 radical (unpaired) electrons. The summed E-state index contributed by atoms with van der Waals surface area (Å²) in [6.07, 6.45) is 4.18. The van der Waals surface area contributed by atoms with Crippen LogP contribution in [0.4, 0.5) is 0 Å². The molecule has 5 heteroatoms. The van der Waals surface area contributed by atoms with Crippen molar-refractivity contribution >= 4 is 11.7 Å². The summed E-state index contributed by atoms with van der Waals surface area (Å²) < 4.78 is 5.38. The number of benzene rings is 1. The van der Waals surface area contributed by atoms with Crippen molar-refractivity contribution < 1.29 is 14.0 Å². The molecule has 0 saturated heterocycles. The van der Waals surface area contributed by atoms with E-state index >= 15 is 0 Å². The molecule has 1 heterocycles. The van der Waals surface area contributed by atoms with Crippen molar-refractivity contribution in [2.75, 3.05) is 0 Å². The number of hydrogen-bond donors (Lipinski definition) is 2. The lowest BCUT2D eigenvalue weighted by Crippen LogP contribution is -2.38. The third-order valence-corrected chi connectivity index (χ3v) is 3.81. The monoisotopic (exact) mass is 310 g/mol. The van der Waals surface area contributed by atoms with E-state index in [0.29, 0.717) is 24.1 Å². The van der Waals surface area contributed by atoms with Gasteiger partial charge < -0.3 is 9.84 Å². The van der Waals surface area contributed by atoms with E-state index in [1.165, 1.54) is 6.08 Å². The fourth-order valence-corrected chi connectivity index (χ4v) is 2.70. The number of carbonyl (C=O) groups excluding carboxylic acids is 2. The van der Waals surface area contributed by atoms with Gasteiger partial charge in [0.15, 0.2) is 5.78 Å². The first-order valence-electron chi connectivity index (χ1n) is 7.51. The van der Waals surface area contributed by atoms with E-state index in [1.54, 1.807) is 12.3 Å². The van der Waals surface area contributed by atoms with E-state index in [2.05, 4.69) is 10.9 Å². The summed E-state index contributed by atoms with van der Waals surface area (Å²) in [5.41, 5.74) is 7.78. The highest BCUT2D eigenvalue weighted by Crippen LogP contribution is 2.30. The number of amides is 1. The van der Waals surface area contributed by atoms with Crippen molar-refractivity contribution in [3.05, 3.63) is 71.3 Å². The molecule has 0 unspecified atom stereocenters. The van der Waals surface area contributed by atoms with Gasteiger partial charge >= 0.3 is 0 Å². The van der Waals surface area contributed by atoms with E-state index in [-0.39, 0.29) is 17.6 Å². The van der Waals surface area contributed by atoms with Crippen molar-refractivity contribution in [2.24, 2.45) is 0 Å². The smallest absolute Gasteiger partial charge is 0.269 e. The van der Waals surface area contributed by atoms with Crippen molar-refractivity contribution in [3.8, 4) is 0 Å². The molecule has 23 heavy (non-hydrogen) atoms. The molecule has 0 bridgehead atoms. The molecular weight excluding hydrogens is 292 g/mol. The van der Waals surface area contributed by atoms with Crippen molar-refractivity contribution in [1.82, 2.24) is 10.9 Å². The minimum Gasteiger partial charge on any atom is -0.469 e. The Morgan fingerprint density at radius 3 is 2.83 bits per heavy atom. The van der Waals surface area contributed by atoms with Gasteiger partial charge in [-0.05, 0) is 37.6 Å². The number of rotatable bonds is 4. The van der Waals surface area contributed by atoms with Crippen LogP contribution in [0, 0.1) is 6.92 Å². The summed E-state index contributed by atoms with van der Waals surface area (Å²) in [5.74, 6) is 0.573. The Bertz CT molecular complexity index is 747. The topological polar surface area (TPSA) is 71.3 Å². The average Bonchev–Trinajstić information content (AvgIpc) is 3.06. The molecule has 1 aromatic heterocycles. The van der Waals surface area contributed by atoms with Gasteiger partial charge in [0, 0.05) is 29.7 Å². The predicted octanol–water partition coefficient (Wildman–Crippen LogP) is 2.85. The SMILES string of the molecule is Cc1cccc(C(=O)NNC2=CC(=O)C[C@H](c3ccco3)C2)c1. The van der Waals surface area contributed by atoms with Gasteiger partial charge in [0.05, 0.1) is 6.26 Å². The highest BCUT2D eigenvalue weighted by atomic mass is 16.3. The van der Waals surface area contributed by atoms with Gasteiger partial charge in [-0.15, -0.1) is 0 Å². The molecular formula is C18H18N2O3. The van der Waals surface area contributed by atoms with Crippen LogP contribution in [-0.4, -0.2) is 11.7 Å². The lowest BCUT2D eigenvalue weighted by Gasteiger charge is -2.21. The zero-order chi connectivity index (χ0) is 16.2. The van der Waals surface area contributed by atoms with Crippen LogP contribution in [0.1, 0.15) is 40.4 Å². The van der Waals surface area contributed by atoms with Gasteiger partial charge in [-0.1, -0.05) is 17.7 Å². The molecule has 0 fully saturated rings. The first-order valence-corrected chi connectivity index (χ1v) is 7.51. The quantitative estimate of drug-likeness (QED) is 0.852. The summed E-state index contributed by atoms with van der Waals surface area (Å²) >= 11 is 0. The Morgan fingerprint density at radius 2 is 2.09 bits per heavy atom. The summed E-state index contributed by atoms with van der Waals surface area (Å²) in [6.45, 7) is 1.93. The molecule has 2 N–H and O–H groups in total. The number of hydrazine groups is 1. The maximum Gasteiger partial charge on any atom is 0.269 e. The maximum absolute atomic E-state index is 12.1. The lowest BCUT2D eigenvalue weighted by atomic mass is 9.89. The number of nitrogens with one attached hydrogen (secondary N) is 2. The second kappa shape index (κ2) is 6.52. The minimum atomic E-state index is -0.234. The predicted molar refractivity (Wildman–Crippen MR) is 85.6 cm³/mol. The van der Waals surface area contributed by atoms with E-state index in [1.807, 2.05) is 37.3 Å². The molecule has 1 amide bonds. The van der Waals surface area contributed by atoms with Crippen LogP contribution in [0.2, 0.25) is 0 Å². The summed E-state index contributed by atoms with van der Waals surface area (Å²) in [7, 11) is 0. The van der Waals surface area contributed by atoms with Crippen LogP contribution in [0.3, 0.4) is 0 Å². The summed E-state index contributed by atoms with van der Waals surface area (Å²) in [4.78, 5) is 24.0. The Morgan fingerprint density at radius 1 is 1.22 bits per heavy atom.